The van der Waals surface area contributed by atoms with E-state index in [2.05, 4.69) is 116 Å². The summed E-state index contributed by atoms with van der Waals surface area (Å²) < 4.78 is 16.5. The van der Waals surface area contributed by atoms with Crippen LogP contribution in [0.3, 0.4) is 0 Å². The quantitative estimate of drug-likeness (QED) is 0.236. The first kappa shape index (κ1) is 16.9. The number of para-hydroxylation sites is 1. The summed E-state index contributed by atoms with van der Waals surface area (Å²) in [7, 11) is 2.16. The van der Waals surface area contributed by atoms with Gasteiger partial charge in [-0.2, -0.15) is 9.13 Å². The lowest BCUT2D eigenvalue weighted by Gasteiger charge is -2.28. The van der Waals surface area contributed by atoms with Gasteiger partial charge in [0.15, 0.2) is 11.7 Å². The Hall–Kier alpha value is -4.64. The molecule has 3 aliphatic rings. The number of aromatic nitrogens is 4. The number of rotatable bonds is 0. The fraction of sp³-hybridized carbons (Fsp3) is 0.0667. The molecule has 1 spiro atoms. The van der Waals surface area contributed by atoms with Crippen molar-refractivity contribution in [3.63, 3.8) is 0 Å². The van der Waals surface area contributed by atoms with Gasteiger partial charge in [0, 0.05) is 29.0 Å². The molecule has 4 aromatic heterocycles. The van der Waals surface area contributed by atoms with Gasteiger partial charge >= 0.3 is 5.66 Å². The fourth-order valence-electron chi connectivity index (χ4n) is 7.36. The van der Waals surface area contributed by atoms with Crippen LogP contribution < -0.4 is 13.9 Å². The highest BCUT2D eigenvalue weighted by atomic mass is 16.5. The van der Waals surface area contributed by atoms with E-state index in [9.17, 15) is 0 Å². The summed E-state index contributed by atoms with van der Waals surface area (Å²) in [5.74, 6) is 1.87. The van der Waals surface area contributed by atoms with Crippen molar-refractivity contribution in [3.8, 4) is 22.8 Å². The van der Waals surface area contributed by atoms with Crippen molar-refractivity contribution >= 4 is 38.5 Å². The van der Waals surface area contributed by atoms with Gasteiger partial charge < -0.3 is 4.74 Å². The van der Waals surface area contributed by atoms with E-state index in [1.54, 1.807) is 0 Å². The molecule has 0 aliphatic carbocycles. The van der Waals surface area contributed by atoms with Gasteiger partial charge in [-0.3, -0.25) is 4.57 Å². The van der Waals surface area contributed by atoms with Crippen LogP contribution >= 0.6 is 0 Å². The predicted molar refractivity (Wildman–Crippen MR) is 133 cm³/mol. The molecule has 0 fully saturated rings. The third kappa shape index (κ3) is 1.49. The van der Waals surface area contributed by atoms with Crippen molar-refractivity contribution in [3.05, 3.63) is 102 Å². The topological polar surface area (TPSA) is 26.3 Å². The Kier molecular flexibility index (Phi) is 2.44. The third-order valence-electron chi connectivity index (χ3n) is 8.47. The van der Waals surface area contributed by atoms with E-state index >= 15 is 0 Å². The zero-order chi connectivity index (χ0) is 22.6. The summed E-state index contributed by atoms with van der Waals surface area (Å²) in [6.07, 6.45) is 4.42. The van der Waals surface area contributed by atoms with Crippen LogP contribution in [0.15, 0.2) is 91.3 Å². The molecule has 0 N–H and O–H groups in total. The molecule has 0 bridgehead atoms. The van der Waals surface area contributed by atoms with Crippen molar-refractivity contribution < 1.29 is 13.9 Å². The first-order valence-corrected chi connectivity index (χ1v) is 12.0. The van der Waals surface area contributed by atoms with Gasteiger partial charge in [-0.1, -0.05) is 24.3 Å². The van der Waals surface area contributed by atoms with Gasteiger partial charge in [0.25, 0.3) is 5.65 Å². The Bertz CT molecular complexity index is 2170. The molecular formula is C30H18N4O+2. The second-order valence-corrected chi connectivity index (χ2v) is 9.92. The van der Waals surface area contributed by atoms with Gasteiger partial charge in [0.05, 0.1) is 24.2 Å². The predicted octanol–water partition coefficient (Wildman–Crippen LogP) is 5.01. The molecule has 35 heavy (non-hydrogen) atoms. The molecule has 0 saturated heterocycles. The van der Waals surface area contributed by atoms with E-state index < -0.39 is 5.66 Å². The molecule has 1 unspecified atom stereocenters. The molecule has 162 valence electrons. The number of benzene rings is 3. The Balaban J connectivity index is 1.63. The molecule has 3 aromatic carbocycles. The molecule has 7 aromatic rings. The number of ether oxygens (including phenoxy) is 1. The number of nitrogens with zero attached hydrogens (tertiary/aromatic N) is 4. The summed E-state index contributed by atoms with van der Waals surface area (Å²) >= 11 is 0. The average molecular weight is 451 g/mol. The van der Waals surface area contributed by atoms with Crippen molar-refractivity contribution in [2.75, 3.05) is 0 Å². The Morgan fingerprint density at radius 2 is 1.63 bits per heavy atom. The monoisotopic (exact) mass is 450 g/mol. The average Bonchev–Trinajstić information content (AvgIpc) is 3.61. The van der Waals surface area contributed by atoms with E-state index in [1.807, 2.05) is 0 Å². The summed E-state index contributed by atoms with van der Waals surface area (Å²) in [6.45, 7) is 0. The van der Waals surface area contributed by atoms with Crippen LogP contribution in [-0.2, 0) is 12.7 Å². The number of hydrogen-bond acceptors (Lipinski definition) is 1. The molecule has 5 nitrogen and oxygen atoms in total. The second kappa shape index (κ2) is 5.05. The Labute approximate surface area is 199 Å². The molecule has 0 amide bonds. The molecule has 10 rings (SSSR count). The van der Waals surface area contributed by atoms with E-state index in [1.165, 1.54) is 60.9 Å². The molecule has 7 heterocycles. The number of pyridine rings is 2. The minimum absolute atomic E-state index is 0.547. The number of imidazole rings is 1. The number of hydrogen-bond donors (Lipinski definition) is 0. The highest BCUT2D eigenvalue weighted by molar-refractivity contribution is 6.16. The first-order chi connectivity index (χ1) is 17.3. The van der Waals surface area contributed by atoms with Crippen LogP contribution in [0, 0.1) is 0 Å². The van der Waals surface area contributed by atoms with Gasteiger partial charge in [-0.15, -0.1) is 0 Å². The lowest BCUT2D eigenvalue weighted by molar-refractivity contribution is -0.941. The summed E-state index contributed by atoms with van der Waals surface area (Å²) in [5.41, 5.74) is 9.25. The Morgan fingerprint density at radius 3 is 2.60 bits per heavy atom. The van der Waals surface area contributed by atoms with Crippen molar-refractivity contribution in [1.82, 2.24) is 8.97 Å². The number of aryl methyl sites for hydroxylation is 1. The lowest BCUT2D eigenvalue weighted by atomic mass is 9.86. The highest BCUT2D eigenvalue weighted by Crippen LogP contribution is 2.57. The van der Waals surface area contributed by atoms with Crippen molar-refractivity contribution in [1.29, 1.82) is 0 Å². The van der Waals surface area contributed by atoms with Crippen LogP contribution in [0.4, 0.5) is 0 Å². The first-order valence-electron chi connectivity index (χ1n) is 12.0. The SMILES string of the molecule is Cn1ccc2c1[n+]1c3c4c5c(ccc4c4ccccc4n23)Oc2cccc3c2C51[n+]1ccccc1-3. The maximum atomic E-state index is 6.67. The fourth-order valence-corrected chi connectivity index (χ4v) is 7.36. The minimum Gasteiger partial charge on any atom is -0.456 e. The molecule has 1 atom stereocenters. The maximum absolute atomic E-state index is 6.67. The van der Waals surface area contributed by atoms with Crippen LogP contribution in [0.5, 0.6) is 11.5 Å². The van der Waals surface area contributed by atoms with Gasteiger partial charge in [-0.25, -0.2) is 4.40 Å². The van der Waals surface area contributed by atoms with E-state index in [0.717, 1.165) is 11.5 Å². The molecule has 0 radical (unpaired) electrons. The third-order valence-corrected chi connectivity index (χ3v) is 8.47. The zero-order valence-electron chi connectivity index (χ0n) is 18.9. The van der Waals surface area contributed by atoms with Crippen molar-refractivity contribution in [2.45, 2.75) is 5.66 Å². The molecular weight excluding hydrogens is 432 g/mol. The Morgan fingerprint density at radius 1 is 0.743 bits per heavy atom. The van der Waals surface area contributed by atoms with Crippen LogP contribution in [0.2, 0.25) is 0 Å². The van der Waals surface area contributed by atoms with E-state index in [4.69, 9.17) is 4.74 Å². The lowest BCUT2D eigenvalue weighted by Crippen LogP contribution is -2.72. The van der Waals surface area contributed by atoms with Gasteiger partial charge in [0.1, 0.15) is 28.1 Å². The maximum Gasteiger partial charge on any atom is 0.354 e. The van der Waals surface area contributed by atoms with Crippen LogP contribution in [0.25, 0.3) is 49.7 Å². The molecule has 3 aliphatic heterocycles. The molecule has 5 heteroatoms. The van der Waals surface area contributed by atoms with E-state index in [-0.39, 0.29) is 0 Å². The standard InChI is InChI=1S/C30H18N4O/c1-31-16-14-22-28(31)34-29-25-18(17-7-2-3-10-21(17)33(22)29)12-13-24-27(25)30(34)26-19(8-6-11-23(26)35-24)20-9-4-5-15-32(20)30/h2-16H,1H3/q+2. The van der Waals surface area contributed by atoms with Crippen molar-refractivity contribution in [2.24, 2.45) is 7.05 Å². The highest BCUT2D eigenvalue weighted by Gasteiger charge is 2.68. The van der Waals surface area contributed by atoms with Gasteiger partial charge in [-0.05, 0) is 36.4 Å². The summed E-state index contributed by atoms with van der Waals surface area (Å²) in [6, 6.07) is 28.4. The second-order valence-electron chi connectivity index (χ2n) is 9.92. The summed E-state index contributed by atoms with van der Waals surface area (Å²) in [5, 5.41) is 3.81. The largest absolute Gasteiger partial charge is 0.456 e. The minimum atomic E-state index is -0.547. The van der Waals surface area contributed by atoms with E-state index in [0.29, 0.717) is 0 Å². The zero-order valence-corrected chi connectivity index (χ0v) is 18.9. The smallest absolute Gasteiger partial charge is 0.354 e. The van der Waals surface area contributed by atoms with Gasteiger partial charge in [0.2, 0.25) is 11.3 Å². The summed E-state index contributed by atoms with van der Waals surface area (Å²) in [4.78, 5) is 0. The normalized spacial score (nSPS) is 18.2. The molecule has 0 saturated carbocycles. The number of fused-ring (bicyclic) bond motifs is 8. The van der Waals surface area contributed by atoms with Crippen LogP contribution in [0.1, 0.15) is 11.1 Å². The van der Waals surface area contributed by atoms with Crippen LogP contribution in [-0.4, -0.2) is 8.97 Å².